The Bertz CT molecular complexity index is 843. The number of aliphatic hydroxyl groups is 1. The maximum Gasteiger partial charge on any atom is 0.190 e. The zero-order valence-electron chi connectivity index (χ0n) is 18.2. The van der Waals surface area contributed by atoms with Crippen molar-refractivity contribution >= 4 is 16.9 Å². The Labute approximate surface area is 178 Å². The van der Waals surface area contributed by atoms with Crippen LogP contribution >= 0.6 is 0 Å². The van der Waals surface area contributed by atoms with Crippen LogP contribution in [0.2, 0.25) is 0 Å². The standard InChI is InChI=1S/C22H34N4O4/c1-23-21(25-14-22(6-9-27)7-10-30-15-22)24-8-4-5-16-11-18-19(26-16)12-17(28-2)13-20(18)29-3/h11-13,26-27H,4-10,14-15H2,1-3H3,(H2,23,24,25). The summed E-state index contributed by atoms with van der Waals surface area (Å²) >= 11 is 0. The molecule has 8 nitrogen and oxygen atoms in total. The van der Waals surface area contributed by atoms with E-state index in [0.29, 0.717) is 6.61 Å². The molecule has 1 aromatic heterocycles. The smallest absolute Gasteiger partial charge is 0.190 e. The first-order valence-electron chi connectivity index (χ1n) is 10.5. The number of methoxy groups -OCH3 is 2. The van der Waals surface area contributed by atoms with E-state index in [-0.39, 0.29) is 12.0 Å². The first kappa shape index (κ1) is 22.2. The van der Waals surface area contributed by atoms with E-state index in [1.54, 1.807) is 21.3 Å². The fourth-order valence-corrected chi connectivity index (χ4v) is 3.95. The van der Waals surface area contributed by atoms with E-state index >= 15 is 0 Å². The molecule has 1 aliphatic heterocycles. The van der Waals surface area contributed by atoms with Crippen LogP contribution in [0.25, 0.3) is 10.9 Å². The quantitative estimate of drug-likeness (QED) is 0.268. The Morgan fingerprint density at radius 1 is 1.27 bits per heavy atom. The lowest BCUT2D eigenvalue weighted by atomic mass is 9.84. The van der Waals surface area contributed by atoms with Crippen molar-refractivity contribution < 1.29 is 19.3 Å². The van der Waals surface area contributed by atoms with Crippen LogP contribution in [0.3, 0.4) is 0 Å². The maximum absolute atomic E-state index is 9.36. The molecule has 1 saturated heterocycles. The summed E-state index contributed by atoms with van der Waals surface area (Å²) in [6, 6.07) is 6.02. The number of aryl methyl sites for hydroxylation is 1. The van der Waals surface area contributed by atoms with Gasteiger partial charge in [-0.05, 0) is 31.7 Å². The number of fused-ring (bicyclic) bond motifs is 1. The summed E-state index contributed by atoms with van der Waals surface area (Å²) in [5.74, 6) is 2.36. The van der Waals surface area contributed by atoms with E-state index in [0.717, 1.165) is 79.4 Å². The second-order valence-corrected chi connectivity index (χ2v) is 7.82. The second kappa shape index (κ2) is 10.5. The predicted octanol–water partition coefficient (Wildman–Crippen LogP) is 2.07. The third kappa shape index (κ3) is 5.37. The Morgan fingerprint density at radius 2 is 2.13 bits per heavy atom. The highest BCUT2D eigenvalue weighted by Gasteiger charge is 2.34. The maximum atomic E-state index is 9.36. The van der Waals surface area contributed by atoms with Crippen molar-refractivity contribution in [1.82, 2.24) is 15.6 Å². The van der Waals surface area contributed by atoms with Gasteiger partial charge in [0.25, 0.3) is 0 Å². The van der Waals surface area contributed by atoms with Crippen LogP contribution in [0.4, 0.5) is 0 Å². The molecule has 0 bridgehead atoms. The topological polar surface area (TPSA) is 100 Å². The number of aliphatic imine (C=N–C) groups is 1. The molecule has 8 heteroatoms. The second-order valence-electron chi connectivity index (χ2n) is 7.82. The lowest BCUT2D eigenvalue weighted by Gasteiger charge is -2.27. The number of hydrogen-bond acceptors (Lipinski definition) is 5. The number of ether oxygens (including phenoxy) is 3. The third-order valence-electron chi connectivity index (χ3n) is 5.78. The molecule has 2 aromatic rings. The molecule has 3 rings (SSSR count). The zero-order valence-corrected chi connectivity index (χ0v) is 18.2. The highest BCUT2D eigenvalue weighted by Crippen LogP contribution is 2.32. The first-order valence-corrected chi connectivity index (χ1v) is 10.5. The summed E-state index contributed by atoms with van der Waals surface area (Å²) < 4.78 is 16.4. The molecular formula is C22H34N4O4. The van der Waals surface area contributed by atoms with E-state index in [1.165, 1.54) is 0 Å². The molecule has 1 aliphatic rings. The number of hydrogen-bond donors (Lipinski definition) is 4. The van der Waals surface area contributed by atoms with Crippen LogP contribution in [0.15, 0.2) is 23.2 Å². The van der Waals surface area contributed by atoms with Gasteiger partial charge in [-0.25, -0.2) is 0 Å². The normalized spacial score (nSPS) is 19.3. The number of nitrogens with one attached hydrogen (secondary N) is 3. The number of nitrogens with zero attached hydrogens (tertiary/aromatic N) is 1. The lowest BCUT2D eigenvalue weighted by Crippen LogP contribution is -2.44. The van der Waals surface area contributed by atoms with Gasteiger partial charge < -0.3 is 34.9 Å². The molecular weight excluding hydrogens is 384 g/mol. The zero-order chi connectivity index (χ0) is 21.4. The number of benzene rings is 1. The van der Waals surface area contributed by atoms with Crippen LogP contribution in [0.1, 0.15) is 25.0 Å². The summed E-state index contributed by atoms with van der Waals surface area (Å²) in [4.78, 5) is 7.77. The van der Waals surface area contributed by atoms with Crippen LogP contribution in [0, 0.1) is 5.41 Å². The number of H-pyrrole nitrogens is 1. The van der Waals surface area contributed by atoms with Crippen LogP contribution in [0.5, 0.6) is 11.5 Å². The van der Waals surface area contributed by atoms with Crippen LogP contribution in [-0.2, 0) is 11.2 Å². The van der Waals surface area contributed by atoms with Crippen molar-refractivity contribution in [3.05, 3.63) is 23.9 Å². The minimum absolute atomic E-state index is 0.00314. The highest BCUT2D eigenvalue weighted by atomic mass is 16.5. The van der Waals surface area contributed by atoms with Crippen molar-refractivity contribution in [1.29, 1.82) is 0 Å². The minimum Gasteiger partial charge on any atom is -0.497 e. The number of guanidine groups is 1. The molecule has 0 aliphatic carbocycles. The SMILES string of the molecule is CN=C(NCCCc1cc2c(OC)cc(OC)cc2[nH]1)NCC1(CCO)CCOC1. The fourth-order valence-electron chi connectivity index (χ4n) is 3.95. The van der Waals surface area contributed by atoms with Crippen molar-refractivity contribution in [2.75, 3.05) is 54.2 Å². The lowest BCUT2D eigenvalue weighted by molar-refractivity contribution is 0.127. The van der Waals surface area contributed by atoms with Crippen molar-refractivity contribution in [2.24, 2.45) is 10.4 Å². The molecule has 1 fully saturated rings. The van der Waals surface area contributed by atoms with Crippen LogP contribution < -0.4 is 20.1 Å². The predicted molar refractivity (Wildman–Crippen MR) is 119 cm³/mol. The van der Waals surface area contributed by atoms with Gasteiger partial charge in [0.2, 0.25) is 0 Å². The van der Waals surface area contributed by atoms with E-state index in [1.807, 2.05) is 12.1 Å². The molecule has 0 saturated carbocycles. The number of aromatic nitrogens is 1. The van der Waals surface area contributed by atoms with Gasteiger partial charge in [0, 0.05) is 62.0 Å². The van der Waals surface area contributed by atoms with Gasteiger partial charge in [-0.1, -0.05) is 0 Å². The Balaban J connectivity index is 1.49. The fraction of sp³-hybridized carbons (Fsp3) is 0.591. The molecule has 0 amide bonds. The number of rotatable bonds is 10. The molecule has 4 N–H and O–H groups in total. The van der Waals surface area contributed by atoms with Gasteiger partial charge >= 0.3 is 0 Å². The number of aliphatic hydroxyl groups excluding tert-OH is 1. The summed E-state index contributed by atoms with van der Waals surface area (Å²) in [5.41, 5.74) is 2.17. The number of aromatic amines is 1. The van der Waals surface area contributed by atoms with Gasteiger partial charge in [-0.3, -0.25) is 4.99 Å². The summed E-state index contributed by atoms with van der Waals surface area (Å²) in [6.45, 7) is 3.18. The summed E-state index contributed by atoms with van der Waals surface area (Å²) in [7, 11) is 5.10. The Morgan fingerprint density at radius 3 is 2.80 bits per heavy atom. The minimum atomic E-state index is -0.00314. The monoisotopic (exact) mass is 418 g/mol. The van der Waals surface area contributed by atoms with Gasteiger partial charge in [0.15, 0.2) is 5.96 Å². The Hall–Kier alpha value is -2.45. The van der Waals surface area contributed by atoms with E-state index in [2.05, 4.69) is 26.7 Å². The van der Waals surface area contributed by atoms with Crippen molar-refractivity contribution in [3.63, 3.8) is 0 Å². The molecule has 166 valence electrons. The highest BCUT2D eigenvalue weighted by molar-refractivity contribution is 5.88. The summed E-state index contributed by atoms with van der Waals surface area (Å²) in [5, 5.41) is 17.2. The molecule has 0 radical (unpaired) electrons. The van der Waals surface area contributed by atoms with Gasteiger partial charge in [-0.2, -0.15) is 0 Å². The largest absolute Gasteiger partial charge is 0.497 e. The van der Waals surface area contributed by atoms with Gasteiger partial charge in [-0.15, -0.1) is 0 Å². The molecule has 1 atom stereocenters. The van der Waals surface area contributed by atoms with Crippen LogP contribution in [-0.4, -0.2) is 70.2 Å². The van der Waals surface area contributed by atoms with Gasteiger partial charge in [0.1, 0.15) is 11.5 Å². The first-order chi connectivity index (χ1) is 14.6. The average Bonchev–Trinajstić information content (AvgIpc) is 3.39. The molecule has 30 heavy (non-hydrogen) atoms. The molecule has 0 spiro atoms. The average molecular weight is 419 g/mol. The summed E-state index contributed by atoms with van der Waals surface area (Å²) in [6.07, 6.45) is 3.57. The molecule has 1 unspecified atom stereocenters. The van der Waals surface area contributed by atoms with Gasteiger partial charge in [0.05, 0.1) is 26.3 Å². The van der Waals surface area contributed by atoms with Crippen molar-refractivity contribution in [2.45, 2.75) is 25.7 Å². The van der Waals surface area contributed by atoms with E-state index < -0.39 is 0 Å². The third-order valence-corrected chi connectivity index (χ3v) is 5.78. The Kier molecular flexibility index (Phi) is 7.81. The van der Waals surface area contributed by atoms with E-state index in [9.17, 15) is 5.11 Å². The van der Waals surface area contributed by atoms with Crippen molar-refractivity contribution in [3.8, 4) is 11.5 Å². The van der Waals surface area contributed by atoms with E-state index in [4.69, 9.17) is 14.2 Å². The molecule has 2 heterocycles. The molecule has 1 aromatic carbocycles.